The van der Waals surface area contributed by atoms with Gasteiger partial charge in [-0.05, 0) is 67.9 Å². The van der Waals surface area contributed by atoms with Crippen molar-refractivity contribution in [1.29, 1.82) is 0 Å². The molecule has 0 fully saturated rings. The second kappa shape index (κ2) is 11.5. The molecule has 174 valence electrons. The summed E-state index contributed by atoms with van der Waals surface area (Å²) in [6.45, 7) is 6.75. The van der Waals surface area contributed by atoms with Crippen LogP contribution in [0.5, 0.6) is 11.5 Å². The van der Waals surface area contributed by atoms with Crippen molar-refractivity contribution in [3.05, 3.63) is 59.7 Å². The Kier molecular flexibility index (Phi) is 9.04. The third kappa shape index (κ3) is 6.21. The summed E-state index contributed by atoms with van der Waals surface area (Å²) in [5, 5.41) is 21.6. The Morgan fingerprint density at radius 1 is 0.969 bits per heavy atom. The lowest BCUT2D eigenvalue weighted by Crippen LogP contribution is -2.38. The largest absolute Gasteiger partial charge is 0.508 e. The fourth-order valence-corrected chi connectivity index (χ4v) is 3.78. The number of rotatable bonds is 11. The zero-order valence-corrected chi connectivity index (χ0v) is 19.2. The third-order valence-corrected chi connectivity index (χ3v) is 5.52. The molecule has 0 heterocycles. The molecule has 1 unspecified atom stereocenters. The van der Waals surface area contributed by atoms with Gasteiger partial charge in [-0.2, -0.15) is 0 Å². The van der Waals surface area contributed by atoms with Crippen molar-refractivity contribution in [3.63, 3.8) is 0 Å². The quantitative estimate of drug-likeness (QED) is 0.457. The van der Waals surface area contributed by atoms with Crippen molar-refractivity contribution in [2.24, 2.45) is 0 Å². The average Bonchev–Trinajstić information content (AvgIpc) is 2.75. The van der Waals surface area contributed by atoms with Crippen molar-refractivity contribution in [3.8, 4) is 11.5 Å². The summed E-state index contributed by atoms with van der Waals surface area (Å²) in [7, 11) is 3.34. The van der Waals surface area contributed by atoms with Crippen LogP contribution < -0.4 is 10.2 Å². The van der Waals surface area contributed by atoms with Crippen molar-refractivity contribution >= 4 is 12.1 Å². The monoisotopic (exact) mass is 443 g/mol. The van der Waals surface area contributed by atoms with Crippen LogP contribution in [0.25, 0.3) is 0 Å². The number of hydrazine groups is 1. The van der Waals surface area contributed by atoms with Gasteiger partial charge in [-0.3, -0.25) is 10.2 Å². The molecule has 32 heavy (non-hydrogen) atoms. The van der Waals surface area contributed by atoms with Gasteiger partial charge in [0.2, 0.25) is 0 Å². The number of nitrogens with one attached hydrogen (secondary N) is 1. The van der Waals surface area contributed by atoms with Gasteiger partial charge in [0.15, 0.2) is 0 Å². The summed E-state index contributed by atoms with van der Waals surface area (Å²) in [5.41, 5.74) is 2.35. The second-order valence-electron chi connectivity index (χ2n) is 7.81. The van der Waals surface area contributed by atoms with Crippen LogP contribution in [-0.2, 0) is 10.2 Å². The molecule has 0 aliphatic heterocycles. The Labute approximate surface area is 189 Å². The van der Waals surface area contributed by atoms with E-state index in [1.807, 2.05) is 0 Å². The van der Waals surface area contributed by atoms with Gasteiger partial charge in [-0.1, -0.05) is 38.1 Å². The molecule has 0 saturated heterocycles. The van der Waals surface area contributed by atoms with E-state index in [2.05, 4.69) is 24.2 Å². The van der Waals surface area contributed by atoms with E-state index in [4.69, 9.17) is 4.74 Å². The number of aliphatic carboxylic acids is 1. The lowest BCUT2D eigenvalue weighted by atomic mass is 9.71. The Bertz CT molecular complexity index is 880. The van der Waals surface area contributed by atoms with Gasteiger partial charge < -0.3 is 19.8 Å². The maximum atomic E-state index is 12.7. The van der Waals surface area contributed by atoms with Gasteiger partial charge in [0.1, 0.15) is 16.9 Å². The number of carbonyl (C=O) groups excluding carboxylic acids is 1. The maximum Gasteiger partial charge on any atom is 0.427 e. The second-order valence-corrected chi connectivity index (χ2v) is 7.81. The van der Waals surface area contributed by atoms with E-state index in [1.54, 1.807) is 50.5 Å². The van der Waals surface area contributed by atoms with Gasteiger partial charge >= 0.3 is 12.1 Å². The van der Waals surface area contributed by atoms with Crippen LogP contribution in [-0.4, -0.2) is 65.9 Å². The highest BCUT2D eigenvalue weighted by Crippen LogP contribution is 2.39. The first kappa shape index (κ1) is 25.2. The standard InChI is InChI=1S/C24H33N3O5/c1-5-27(6-2)17-7-16-24(22(29)30,18-8-12-20(28)13-9-18)19-10-14-21(15-11-19)32-23(31)25-26(3)4/h8-15,28H,5-7,16-17H2,1-4H3,(H,25,31)(H,29,30). The Hall–Kier alpha value is -3.10. The van der Waals surface area contributed by atoms with Crippen molar-refractivity contribution in [1.82, 2.24) is 15.3 Å². The number of carbonyl (C=O) groups is 2. The van der Waals surface area contributed by atoms with Gasteiger partial charge in [-0.25, -0.2) is 9.80 Å². The van der Waals surface area contributed by atoms with Crippen molar-refractivity contribution < 1.29 is 24.5 Å². The van der Waals surface area contributed by atoms with Gasteiger partial charge in [0, 0.05) is 14.1 Å². The van der Waals surface area contributed by atoms with Gasteiger partial charge in [-0.15, -0.1) is 0 Å². The van der Waals surface area contributed by atoms with E-state index in [0.29, 0.717) is 29.7 Å². The van der Waals surface area contributed by atoms with E-state index < -0.39 is 17.5 Å². The fraction of sp³-hybridized carbons (Fsp3) is 0.417. The van der Waals surface area contributed by atoms with Gasteiger partial charge in [0.05, 0.1) is 0 Å². The molecule has 1 atom stereocenters. The molecule has 0 radical (unpaired) electrons. The number of phenolic OH excluding ortho intramolecular Hbond substituents is 1. The predicted octanol–water partition coefficient (Wildman–Crippen LogP) is 3.45. The van der Waals surface area contributed by atoms with Crippen LogP contribution in [0.15, 0.2) is 48.5 Å². The van der Waals surface area contributed by atoms with Crippen LogP contribution in [0.1, 0.15) is 37.8 Å². The normalized spacial score (nSPS) is 13.1. The first-order valence-corrected chi connectivity index (χ1v) is 10.7. The number of amides is 1. The van der Waals surface area contributed by atoms with E-state index in [-0.39, 0.29) is 5.75 Å². The minimum absolute atomic E-state index is 0.0758. The van der Waals surface area contributed by atoms with E-state index in [1.165, 1.54) is 17.1 Å². The number of nitrogens with zero attached hydrogens (tertiary/aromatic N) is 2. The fourth-order valence-electron chi connectivity index (χ4n) is 3.78. The zero-order valence-electron chi connectivity index (χ0n) is 19.2. The van der Waals surface area contributed by atoms with Crippen LogP contribution in [0.4, 0.5) is 4.79 Å². The minimum atomic E-state index is -1.30. The highest BCUT2D eigenvalue weighted by Gasteiger charge is 2.42. The lowest BCUT2D eigenvalue weighted by molar-refractivity contribution is -0.142. The van der Waals surface area contributed by atoms with E-state index >= 15 is 0 Å². The summed E-state index contributed by atoms with van der Waals surface area (Å²) in [4.78, 5) is 26.8. The summed E-state index contributed by atoms with van der Waals surface area (Å²) < 4.78 is 5.24. The first-order chi connectivity index (χ1) is 15.2. The van der Waals surface area contributed by atoms with E-state index in [0.717, 1.165) is 19.6 Å². The van der Waals surface area contributed by atoms with E-state index in [9.17, 15) is 19.8 Å². The van der Waals surface area contributed by atoms with Gasteiger partial charge in [0.25, 0.3) is 0 Å². The van der Waals surface area contributed by atoms with Crippen LogP contribution in [0.2, 0.25) is 0 Å². The molecule has 0 aromatic heterocycles. The summed E-state index contributed by atoms with van der Waals surface area (Å²) in [6, 6.07) is 12.8. The summed E-state index contributed by atoms with van der Waals surface area (Å²) in [5.74, 6) is -0.588. The highest BCUT2D eigenvalue weighted by atomic mass is 16.6. The Balaban J connectivity index is 2.39. The van der Waals surface area contributed by atoms with Crippen LogP contribution >= 0.6 is 0 Å². The molecule has 0 bridgehead atoms. The number of ether oxygens (including phenoxy) is 1. The topological polar surface area (TPSA) is 102 Å². The number of hydrogen-bond donors (Lipinski definition) is 3. The molecule has 0 aliphatic rings. The smallest absolute Gasteiger partial charge is 0.427 e. The Morgan fingerprint density at radius 2 is 1.50 bits per heavy atom. The number of carboxylic acids is 1. The highest BCUT2D eigenvalue weighted by molar-refractivity contribution is 5.86. The molecule has 0 aliphatic carbocycles. The average molecular weight is 444 g/mol. The molecule has 2 rings (SSSR count). The number of hydrogen-bond acceptors (Lipinski definition) is 6. The number of aromatic hydroxyl groups is 1. The number of benzene rings is 2. The first-order valence-electron chi connectivity index (χ1n) is 10.7. The van der Waals surface area contributed by atoms with Crippen molar-refractivity contribution in [2.45, 2.75) is 32.1 Å². The molecule has 0 saturated carbocycles. The maximum absolute atomic E-state index is 12.7. The number of phenols is 1. The molecular formula is C24H33N3O5. The molecule has 2 aromatic rings. The molecule has 2 aromatic carbocycles. The SMILES string of the molecule is CCN(CC)CCCC(C(=O)O)(c1ccc(O)cc1)c1ccc(OC(=O)NN(C)C)cc1. The molecule has 1 amide bonds. The van der Waals surface area contributed by atoms with Crippen LogP contribution in [0.3, 0.4) is 0 Å². The third-order valence-electron chi connectivity index (χ3n) is 5.52. The summed E-state index contributed by atoms with van der Waals surface area (Å²) in [6.07, 6.45) is 0.425. The zero-order chi connectivity index (χ0) is 23.7. The lowest BCUT2D eigenvalue weighted by Gasteiger charge is -2.32. The predicted molar refractivity (Wildman–Crippen MR) is 123 cm³/mol. The van der Waals surface area contributed by atoms with Crippen molar-refractivity contribution in [2.75, 3.05) is 33.7 Å². The minimum Gasteiger partial charge on any atom is -0.508 e. The number of carboxylic acid groups (broad SMARTS) is 1. The Morgan fingerprint density at radius 3 is 1.97 bits per heavy atom. The molecule has 0 spiro atoms. The summed E-state index contributed by atoms with van der Waals surface area (Å²) >= 11 is 0. The molecule has 3 N–H and O–H groups in total. The van der Waals surface area contributed by atoms with Crippen LogP contribution in [0, 0.1) is 0 Å². The molecular weight excluding hydrogens is 410 g/mol. The molecule has 8 heteroatoms. The molecule has 8 nitrogen and oxygen atoms in total.